The largest absolute Gasteiger partial charge is 0.345 e. The summed E-state index contributed by atoms with van der Waals surface area (Å²) in [5.41, 5.74) is 4.11. The molecule has 3 aromatic carbocycles. The normalized spacial score (nSPS) is 11.8. The number of hydrogen-bond donors (Lipinski definition) is 1. The first kappa shape index (κ1) is 17.7. The Labute approximate surface area is 164 Å². The number of hydrogen-bond acceptors (Lipinski definition) is 2. The van der Waals surface area contributed by atoms with E-state index in [2.05, 4.69) is 5.32 Å². The summed E-state index contributed by atoms with van der Waals surface area (Å²) in [7, 11) is 0. The summed E-state index contributed by atoms with van der Waals surface area (Å²) in [4.78, 5) is 13.1. The van der Waals surface area contributed by atoms with Crippen LogP contribution in [0.5, 0.6) is 0 Å². The van der Waals surface area contributed by atoms with Crippen molar-refractivity contribution in [2.24, 2.45) is 0 Å². The molecule has 1 atom stereocenters. The maximum Gasteiger partial charge on any atom is 0.255 e. The van der Waals surface area contributed by atoms with Gasteiger partial charge in [0.05, 0.1) is 17.3 Å². The van der Waals surface area contributed by atoms with Crippen molar-refractivity contribution in [3.05, 3.63) is 108 Å². The third-order valence-electron chi connectivity index (χ3n) is 4.67. The molecule has 4 nitrogen and oxygen atoms in total. The molecule has 0 radical (unpaired) electrons. The first-order valence-electron chi connectivity index (χ1n) is 9.28. The van der Waals surface area contributed by atoms with Gasteiger partial charge < -0.3 is 5.32 Å². The van der Waals surface area contributed by atoms with Gasteiger partial charge in [0, 0.05) is 11.8 Å². The van der Waals surface area contributed by atoms with E-state index in [1.807, 2.05) is 97.9 Å². The van der Waals surface area contributed by atoms with Gasteiger partial charge in [-0.15, -0.1) is 0 Å². The molecule has 0 spiro atoms. The Bertz CT molecular complexity index is 1060. The highest BCUT2D eigenvalue weighted by Gasteiger charge is 2.20. The molecule has 1 amide bonds. The number of carbonyl (C=O) groups is 1. The van der Waals surface area contributed by atoms with Gasteiger partial charge in [0.1, 0.15) is 5.69 Å². The molecule has 1 heterocycles. The predicted octanol–water partition coefficient (Wildman–Crippen LogP) is 5.03. The molecule has 0 fully saturated rings. The van der Waals surface area contributed by atoms with E-state index in [-0.39, 0.29) is 11.9 Å². The van der Waals surface area contributed by atoms with Crippen molar-refractivity contribution >= 4 is 5.91 Å². The average molecular weight is 367 g/mol. The Morgan fingerprint density at radius 2 is 1.43 bits per heavy atom. The minimum atomic E-state index is -0.141. The molecule has 0 unspecified atom stereocenters. The Balaban J connectivity index is 1.70. The van der Waals surface area contributed by atoms with Crippen molar-refractivity contribution in [2.75, 3.05) is 0 Å². The highest BCUT2D eigenvalue weighted by atomic mass is 16.1. The molecule has 0 saturated carbocycles. The zero-order valence-electron chi connectivity index (χ0n) is 15.6. The minimum absolute atomic E-state index is 0.0996. The van der Waals surface area contributed by atoms with E-state index in [4.69, 9.17) is 5.10 Å². The van der Waals surface area contributed by atoms with Gasteiger partial charge in [-0.25, -0.2) is 4.68 Å². The number of para-hydroxylation sites is 1. The molecule has 0 saturated heterocycles. The van der Waals surface area contributed by atoms with Gasteiger partial charge >= 0.3 is 0 Å². The number of nitrogens with one attached hydrogen (secondary N) is 1. The summed E-state index contributed by atoms with van der Waals surface area (Å²) >= 11 is 0. The van der Waals surface area contributed by atoms with Gasteiger partial charge in [-0.1, -0.05) is 78.9 Å². The number of amides is 1. The number of nitrogens with zero attached hydrogens (tertiary/aromatic N) is 2. The van der Waals surface area contributed by atoms with Crippen molar-refractivity contribution in [1.82, 2.24) is 15.1 Å². The first-order chi connectivity index (χ1) is 13.7. The van der Waals surface area contributed by atoms with Gasteiger partial charge in [-0.3, -0.25) is 4.79 Å². The molecule has 4 aromatic rings. The van der Waals surface area contributed by atoms with Crippen LogP contribution in [0.15, 0.2) is 97.2 Å². The Morgan fingerprint density at radius 3 is 2.07 bits per heavy atom. The third kappa shape index (κ3) is 3.71. The molecule has 1 aromatic heterocycles. The average Bonchev–Trinajstić information content (AvgIpc) is 3.21. The molecule has 0 aliphatic carbocycles. The smallest absolute Gasteiger partial charge is 0.255 e. The van der Waals surface area contributed by atoms with Crippen LogP contribution in [0.4, 0.5) is 0 Å². The van der Waals surface area contributed by atoms with Crippen molar-refractivity contribution in [2.45, 2.75) is 13.0 Å². The summed E-state index contributed by atoms with van der Waals surface area (Å²) in [6.07, 6.45) is 1.80. The second-order valence-electron chi connectivity index (χ2n) is 6.64. The lowest BCUT2D eigenvalue weighted by Gasteiger charge is -2.14. The highest BCUT2D eigenvalue weighted by Crippen LogP contribution is 2.24. The fraction of sp³-hybridized carbons (Fsp3) is 0.0833. The third-order valence-corrected chi connectivity index (χ3v) is 4.67. The zero-order valence-corrected chi connectivity index (χ0v) is 15.6. The maximum atomic E-state index is 13.1. The molecular formula is C24H21N3O. The van der Waals surface area contributed by atoms with Gasteiger partial charge in [0.15, 0.2) is 0 Å². The van der Waals surface area contributed by atoms with E-state index in [1.165, 1.54) is 0 Å². The SMILES string of the molecule is C[C@@H](NC(=O)c1cn(-c2ccccc2)nc1-c1ccccc1)c1ccccc1. The molecule has 0 aliphatic rings. The van der Waals surface area contributed by atoms with Crippen LogP contribution in [0.25, 0.3) is 16.9 Å². The standard InChI is InChI=1S/C24H21N3O/c1-18(19-11-5-2-6-12-19)25-24(28)22-17-27(21-15-9-4-10-16-21)26-23(22)20-13-7-3-8-14-20/h2-18H,1H3,(H,25,28)/t18-/m1/s1. The summed E-state index contributed by atoms with van der Waals surface area (Å²) in [6.45, 7) is 1.98. The maximum absolute atomic E-state index is 13.1. The predicted molar refractivity (Wildman–Crippen MR) is 111 cm³/mol. The number of rotatable bonds is 5. The molecule has 0 bridgehead atoms. The lowest BCUT2D eigenvalue weighted by Crippen LogP contribution is -2.26. The van der Waals surface area contributed by atoms with Crippen LogP contribution in [0.1, 0.15) is 28.9 Å². The van der Waals surface area contributed by atoms with Gasteiger partial charge in [0.25, 0.3) is 5.91 Å². The van der Waals surface area contributed by atoms with E-state index < -0.39 is 0 Å². The highest BCUT2D eigenvalue weighted by molar-refractivity contribution is 6.00. The molecule has 1 N–H and O–H groups in total. The lowest BCUT2D eigenvalue weighted by atomic mass is 10.1. The van der Waals surface area contributed by atoms with Crippen LogP contribution in [-0.2, 0) is 0 Å². The van der Waals surface area contributed by atoms with E-state index >= 15 is 0 Å². The van der Waals surface area contributed by atoms with Crippen LogP contribution in [0.2, 0.25) is 0 Å². The van der Waals surface area contributed by atoms with Crippen LogP contribution < -0.4 is 5.32 Å². The van der Waals surface area contributed by atoms with Crippen molar-refractivity contribution in [1.29, 1.82) is 0 Å². The summed E-state index contributed by atoms with van der Waals surface area (Å²) in [5.74, 6) is -0.141. The fourth-order valence-electron chi connectivity index (χ4n) is 3.16. The zero-order chi connectivity index (χ0) is 19.3. The van der Waals surface area contributed by atoms with E-state index in [1.54, 1.807) is 10.9 Å². The molecule has 4 rings (SSSR count). The van der Waals surface area contributed by atoms with Crippen LogP contribution >= 0.6 is 0 Å². The van der Waals surface area contributed by atoms with Crippen LogP contribution in [0, 0.1) is 0 Å². The van der Waals surface area contributed by atoms with Crippen molar-refractivity contribution in [3.63, 3.8) is 0 Å². The second kappa shape index (κ2) is 7.92. The Hall–Kier alpha value is -3.66. The fourth-order valence-corrected chi connectivity index (χ4v) is 3.16. The summed E-state index contributed by atoms with van der Waals surface area (Å²) in [6, 6.07) is 29.4. The van der Waals surface area contributed by atoms with Crippen molar-refractivity contribution in [3.8, 4) is 16.9 Å². The van der Waals surface area contributed by atoms with Gasteiger partial charge in [-0.05, 0) is 24.6 Å². The molecule has 0 aliphatic heterocycles. The molecule has 138 valence electrons. The minimum Gasteiger partial charge on any atom is -0.345 e. The summed E-state index contributed by atoms with van der Waals surface area (Å²) in [5, 5.41) is 7.80. The number of aromatic nitrogens is 2. The molecule has 28 heavy (non-hydrogen) atoms. The number of carbonyl (C=O) groups excluding carboxylic acids is 1. The van der Waals surface area contributed by atoms with E-state index in [9.17, 15) is 4.79 Å². The lowest BCUT2D eigenvalue weighted by molar-refractivity contribution is 0.0940. The first-order valence-corrected chi connectivity index (χ1v) is 9.28. The number of benzene rings is 3. The Kier molecular flexibility index (Phi) is 5.02. The van der Waals surface area contributed by atoms with Crippen LogP contribution in [0.3, 0.4) is 0 Å². The van der Waals surface area contributed by atoms with Gasteiger partial charge in [-0.2, -0.15) is 5.10 Å². The molecule has 4 heteroatoms. The van der Waals surface area contributed by atoms with Gasteiger partial charge in [0.2, 0.25) is 0 Å². The van der Waals surface area contributed by atoms with E-state index in [0.29, 0.717) is 11.3 Å². The Morgan fingerprint density at radius 1 is 0.857 bits per heavy atom. The molecular weight excluding hydrogens is 346 g/mol. The van der Waals surface area contributed by atoms with E-state index in [0.717, 1.165) is 16.8 Å². The topological polar surface area (TPSA) is 46.9 Å². The quantitative estimate of drug-likeness (QED) is 0.538. The second-order valence-corrected chi connectivity index (χ2v) is 6.64. The van der Waals surface area contributed by atoms with Crippen molar-refractivity contribution < 1.29 is 4.79 Å². The summed E-state index contributed by atoms with van der Waals surface area (Å²) < 4.78 is 1.75. The van der Waals surface area contributed by atoms with Crippen LogP contribution in [-0.4, -0.2) is 15.7 Å². The monoisotopic (exact) mass is 367 g/mol.